The van der Waals surface area contributed by atoms with E-state index in [0.29, 0.717) is 19.3 Å². The van der Waals surface area contributed by atoms with E-state index in [4.69, 9.17) is 5.41 Å². The number of nitrogens with zero attached hydrogens (tertiary/aromatic N) is 1. The lowest BCUT2D eigenvalue weighted by molar-refractivity contribution is -0.135. The van der Waals surface area contributed by atoms with Gasteiger partial charge in [0.1, 0.15) is 0 Å². The molecule has 110 valence electrons. The summed E-state index contributed by atoms with van der Waals surface area (Å²) in [6, 6.07) is 0.255. The number of carbonyl (C=O) groups is 1. The van der Waals surface area contributed by atoms with E-state index >= 15 is 0 Å². The SMILES string of the molecule is C=CC[C@](O)(C=C)[C@H]1CC(CC=N)N2C(=O)CCC2C1. The number of carbonyl (C=O) groups excluding carboxylic acids is 1. The number of rotatable bonds is 6. The van der Waals surface area contributed by atoms with Crippen LogP contribution in [0.1, 0.15) is 38.5 Å². The van der Waals surface area contributed by atoms with Crippen molar-refractivity contribution >= 4 is 12.1 Å². The van der Waals surface area contributed by atoms with E-state index in [2.05, 4.69) is 13.2 Å². The maximum absolute atomic E-state index is 12.0. The molecule has 0 aromatic heterocycles. The van der Waals surface area contributed by atoms with Crippen molar-refractivity contribution < 1.29 is 9.90 Å². The Kier molecular flexibility index (Phi) is 4.43. The third-order valence-corrected chi connectivity index (χ3v) is 4.80. The van der Waals surface area contributed by atoms with E-state index in [-0.39, 0.29) is 23.9 Å². The van der Waals surface area contributed by atoms with Crippen molar-refractivity contribution in [2.75, 3.05) is 0 Å². The first kappa shape index (κ1) is 15.0. The third-order valence-electron chi connectivity index (χ3n) is 4.80. The van der Waals surface area contributed by atoms with E-state index in [1.54, 1.807) is 12.2 Å². The summed E-state index contributed by atoms with van der Waals surface area (Å²) in [5.41, 5.74) is -0.945. The predicted octanol–water partition coefficient (Wildman–Crippen LogP) is 2.29. The molecule has 4 heteroatoms. The van der Waals surface area contributed by atoms with Crippen LogP contribution in [0.2, 0.25) is 0 Å². The average Bonchev–Trinajstić information content (AvgIpc) is 2.81. The Morgan fingerprint density at radius 2 is 2.20 bits per heavy atom. The minimum Gasteiger partial charge on any atom is -0.385 e. The summed E-state index contributed by atoms with van der Waals surface area (Å²) < 4.78 is 0. The second-order valence-corrected chi connectivity index (χ2v) is 5.94. The molecule has 2 N–H and O–H groups in total. The number of nitrogens with one attached hydrogen (secondary N) is 1. The fourth-order valence-corrected chi connectivity index (χ4v) is 3.76. The molecule has 20 heavy (non-hydrogen) atoms. The second kappa shape index (κ2) is 5.92. The van der Waals surface area contributed by atoms with Crippen LogP contribution in [0, 0.1) is 11.3 Å². The van der Waals surface area contributed by atoms with E-state index in [1.807, 2.05) is 4.90 Å². The fourth-order valence-electron chi connectivity index (χ4n) is 3.76. The first-order valence-electron chi connectivity index (χ1n) is 7.32. The van der Waals surface area contributed by atoms with E-state index < -0.39 is 5.60 Å². The molecular formula is C16H24N2O2. The Bertz CT molecular complexity index is 421. The van der Waals surface area contributed by atoms with Crippen LogP contribution in [0.4, 0.5) is 0 Å². The molecule has 2 aliphatic rings. The second-order valence-electron chi connectivity index (χ2n) is 5.94. The zero-order chi connectivity index (χ0) is 14.8. The lowest BCUT2D eigenvalue weighted by Gasteiger charge is -2.46. The van der Waals surface area contributed by atoms with Gasteiger partial charge in [0.15, 0.2) is 0 Å². The Morgan fingerprint density at radius 1 is 1.45 bits per heavy atom. The Balaban J connectivity index is 2.21. The maximum atomic E-state index is 12.0. The van der Waals surface area contributed by atoms with Gasteiger partial charge < -0.3 is 15.4 Å². The van der Waals surface area contributed by atoms with Crippen molar-refractivity contribution in [3.8, 4) is 0 Å². The maximum Gasteiger partial charge on any atom is 0.223 e. The third kappa shape index (κ3) is 2.57. The minimum absolute atomic E-state index is 0.0440. The van der Waals surface area contributed by atoms with E-state index in [0.717, 1.165) is 19.3 Å². The first-order chi connectivity index (χ1) is 9.55. The molecule has 0 spiro atoms. The summed E-state index contributed by atoms with van der Waals surface area (Å²) in [5, 5.41) is 18.1. The van der Waals surface area contributed by atoms with Gasteiger partial charge in [-0.15, -0.1) is 13.2 Å². The van der Waals surface area contributed by atoms with Crippen molar-refractivity contribution in [1.82, 2.24) is 4.90 Å². The molecule has 0 aliphatic carbocycles. The van der Waals surface area contributed by atoms with Gasteiger partial charge in [-0.25, -0.2) is 0 Å². The van der Waals surface area contributed by atoms with Gasteiger partial charge in [0, 0.05) is 24.9 Å². The standard InChI is InChI=1S/C16H24N2O2/c1-3-8-16(20,4-2)12-10-13-5-6-15(19)18(13)14(11-12)7-9-17/h3-4,9,12-14,17,20H,1-2,5-8,10-11H2/t12-,13?,14?,16-/m1/s1. The van der Waals surface area contributed by atoms with Crippen molar-refractivity contribution in [2.45, 2.75) is 56.2 Å². The molecular weight excluding hydrogens is 252 g/mol. The highest BCUT2D eigenvalue weighted by atomic mass is 16.3. The van der Waals surface area contributed by atoms with Gasteiger partial charge in [0.05, 0.1) is 5.60 Å². The molecule has 2 heterocycles. The lowest BCUT2D eigenvalue weighted by Crippen LogP contribution is -2.52. The van der Waals surface area contributed by atoms with Crippen LogP contribution in [0.15, 0.2) is 25.3 Å². The van der Waals surface area contributed by atoms with Crippen LogP contribution in [-0.4, -0.2) is 39.8 Å². The quantitative estimate of drug-likeness (QED) is 0.577. The molecule has 2 rings (SSSR count). The van der Waals surface area contributed by atoms with Gasteiger partial charge in [0.2, 0.25) is 5.91 Å². The lowest BCUT2D eigenvalue weighted by atomic mass is 9.73. The number of piperidine rings is 1. The molecule has 2 fully saturated rings. The van der Waals surface area contributed by atoms with Crippen LogP contribution >= 0.6 is 0 Å². The highest BCUT2D eigenvalue weighted by molar-refractivity contribution is 5.79. The van der Waals surface area contributed by atoms with Crippen LogP contribution in [0.5, 0.6) is 0 Å². The smallest absolute Gasteiger partial charge is 0.223 e. The summed E-state index contributed by atoms with van der Waals surface area (Å²) in [5.74, 6) is 0.279. The Labute approximate surface area is 120 Å². The van der Waals surface area contributed by atoms with Gasteiger partial charge in [0.25, 0.3) is 0 Å². The van der Waals surface area contributed by atoms with E-state index in [1.165, 1.54) is 6.21 Å². The highest BCUT2D eigenvalue weighted by Gasteiger charge is 2.46. The van der Waals surface area contributed by atoms with Crippen LogP contribution in [0.25, 0.3) is 0 Å². The van der Waals surface area contributed by atoms with Crippen molar-refractivity contribution in [2.24, 2.45) is 5.92 Å². The number of hydrogen-bond donors (Lipinski definition) is 2. The summed E-state index contributed by atoms with van der Waals surface area (Å²) in [4.78, 5) is 14.0. The minimum atomic E-state index is -0.945. The summed E-state index contributed by atoms with van der Waals surface area (Å²) in [7, 11) is 0. The van der Waals surface area contributed by atoms with Gasteiger partial charge in [-0.1, -0.05) is 12.2 Å². The summed E-state index contributed by atoms with van der Waals surface area (Å²) in [6.45, 7) is 7.49. The number of hydrogen-bond acceptors (Lipinski definition) is 3. The monoisotopic (exact) mass is 276 g/mol. The number of aliphatic hydroxyl groups is 1. The van der Waals surface area contributed by atoms with Crippen LogP contribution in [0.3, 0.4) is 0 Å². The van der Waals surface area contributed by atoms with Crippen molar-refractivity contribution in [1.29, 1.82) is 5.41 Å². The summed E-state index contributed by atoms with van der Waals surface area (Å²) >= 11 is 0. The molecule has 2 aliphatic heterocycles. The topological polar surface area (TPSA) is 64.4 Å². The first-order valence-corrected chi connectivity index (χ1v) is 7.32. The Hall–Kier alpha value is -1.42. The van der Waals surface area contributed by atoms with Gasteiger partial charge in [-0.3, -0.25) is 4.79 Å². The van der Waals surface area contributed by atoms with Gasteiger partial charge >= 0.3 is 0 Å². The van der Waals surface area contributed by atoms with Crippen LogP contribution in [-0.2, 0) is 4.79 Å². The average molecular weight is 276 g/mol. The zero-order valence-corrected chi connectivity index (χ0v) is 11.9. The molecule has 0 bridgehead atoms. The molecule has 0 aromatic rings. The summed E-state index contributed by atoms with van der Waals surface area (Å²) in [6.07, 6.45) is 8.78. The number of fused-ring (bicyclic) bond motifs is 1. The fraction of sp³-hybridized carbons (Fsp3) is 0.625. The van der Waals surface area contributed by atoms with Crippen molar-refractivity contribution in [3.63, 3.8) is 0 Å². The Morgan fingerprint density at radius 3 is 2.80 bits per heavy atom. The molecule has 0 aromatic carbocycles. The van der Waals surface area contributed by atoms with Gasteiger partial charge in [-0.05, 0) is 37.8 Å². The zero-order valence-electron chi connectivity index (χ0n) is 11.9. The molecule has 0 saturated carbocycles. The largest absolute Gasteiger partial charge is 0.385 e. The van der Waals surface area contributed by atoms with Gasteiger partial charge in [-0.2, -0.15) is 0 Å². The normalized spacial score (nSPS) is 32.4. The molecule has 1 amide bonds. The van der Waals surface area contributed by atoms with E-state index in [9.17, 15) is 9.90 Å². The molecule has 0 radical (unpaired) electrons. The highest BCUT2D eigenvalue weighted by Crippen LogP contribution is 2.42. The molecule has 4 atom stereocenters. The number of amides is 1. The molecule has 2 unspecified atom stereocenters. The molecule has 4 nitrogen and oxygen atoms in total. The predicted molar refractivity (Wildman–Crippen MR) is 79.7 cm³/mol. The molecule has 2 saturated heterocycles. The van der Waals surface area contributed by atoms with Crippen molar-refractivity contribution in [3.05, 3.63) is 25.3 Å². The van der Waals surface area contributed by atoms with Crippen LogP contribution < -0.4 is 0 Å².